The van der Waals surface area contributed by atoms with Gasteiger partial charge in [-0.1, -0.05) is 31.5 Å². The Balaban J connectivity index is 1.78. The summed E-state index contributed by atoms with van der Waals surface area (Å²) < 4.78 is 2.50. The minimum Gasteiger partial charge on any atom is -0.319 e. The molecule has 144 valence electrons. The Kier molecular flexibility index (Phi) is 3.82. The zero-order valence-corrected chi connectivity index (χ0v) is 17.6. The molecule has 0 bridgehead atoms. The van der Waals surface area contributed by atoms with E-state index < -0.39 is 0 Å². The number of hydrogen-bond acceptors (Lipinski definition) is 2. The predicted molar refractivity (Wildman–Crippen MR) is 117 cm³/mol. The number of aromatic nitrogens is 2. The van der Waals surface area contributed by atoms with Crippen molar-refractivity contribution in [2.24, 2.45) is 0 Å². The molecule has 0 saturated carbocycles. The Morgan fingerprint density at radius 1 is 1.07 bits per heavy atom. The molecule has 0 spiro atoms. The molecule has 0 N–H and O–H groups in total. The molecule has 3 aromatic rings. The summed E-state index contributed by atoms with van der Waals surface area (Å²) in [4.78, 5) is 7.23. The highest BCUT2D eigenvalue weighted by Crippen LogP contribution is 2.41. The molecule has 0 atom stereocenters. The summed E-state index contributed by atoms with van der Waals surface area (Å²) in [5.41, 5.74) is 10.9. The zero-order chi connectivity index (χ0) is 19.6. The highest BCUT2D eigenvalue weighted by molar-refractivity contribution is 5.91. The van der Waals surface area contributed by atoms with Crippen LogP contribution in [0.15, 0.2) is 30.3 Å². The smallest absolute Gasteiger partial charge is 0.0529 e. The Labute approximate surface area is 167 Å². The van der Waals surface area contributed by atoms with Gasteiger partial charge in [0.15, 0.2) is 0 Å². The number of fused-ring (bicyclic) bond motifs is 4. The second-order valence-electron chi connectivity index (χ2n) is 9.38. The SMILES string of the molecule is Cc1ccc2c(c1)c1c(n2C=C2CCc3nc(C)ccc32)C(C)(C)CN(C)C1. The number of hydrogen-bond donors (Lipinski definition) is 0. The average Bonchev–Trinajstić information content (AvgIpc) is 3.14. The Morgan fingerprint density at radius 3 is 2.71 bits per heavy atom. The predicted octanol–water partition coefficient (Wildman–Crippen LogP) is 5.32. The van der Waals surface area contributed by atoms with E-state index >= 15 is 0 Å². The molecule has 3 heteroatoms. The zero-order valence-electron chi connectivity index (χ0n) is 17.6. The number of allylic oxidation sites excluding steroid dienone is 1. The summed E-state index contributed by atoms with van der Waals surface area (Å²) in [5, 5.41) is 1.41. The number of rotatable bonds is 1. The molecule has 0 fully saturated rings. The van der Waals surface area contributed by atoms with Gasteiger partial charge in [0.25, 0.3) is 0 Å². The van der Waals surface area contributed by atoms with E-state index in [0.717, 1.165) is 31.6 Å². The summed E-state index contributed by atoms with van der Waals surface area (Å²) in [6, 6.07) is 11.3. The van der Waals surface area contributed by atoms with E-state index in [-0.39, 0.29) is 5.41 Å². The molecule has 0 unspecified atom stereocenters. The van der Waals surface area contributed by atoms with Crippen LogP contribution in [-0.4, -0.2) is 28.0 Å². The number of likely N-dealkylation sites (N-methyl/N-ethyl adjacent to an activating group) is 1. The van der Waals surface area contributed by atoms with Crippen LogP contribution in [0.1, 0.15) is 54.0 Å². The van der Waals surface area contributed by atoms with Gasteiger partial charge in [-0.05, 0) is 63.1 Å². The fraction of sp³-hybridized carbons (Fsp3) is 0.400. The molecular weight excluding hydrogens is 342 g/mol. The quantitative estimate of drug-likeness (QED) is 0.577. The summed E-state index contributed by atoms with van der Waals surface area (Å²) >= 11 is 0. The maximum Gasteiger partial charge on any atom is 0.0529 e. The fourth-order valence-electron chi connectivity index (χ4n) is 5.37. The second-order valence-corrected chi connectivity index (χ2v) is 9.38. The van der Waals surface area contributed by atoms with Crippen molar-refractivity contribution in [2.75, 3.05) is 13.6 Å². The second kappa shape index (κ2) is 6.05. The number of aryl methyl sites for hydroxylation is 3. The van der Waals surface area contributed by atoms with Crippen molar-refractivity contribution in [3.8, 4) is 0 Å². The Bertz CT molecular complexity index is 1130. The minimum atomic E-state index is 0.110. The first-order valence-corrected chi connectivity index (χ1v) is 10.3. The molecule has 1 aromatic carbocycles. The van der Waals surface area contributed by atoms with Crippen LogP contribution >= 0.6 is 0 Å². The van der Waals surface area contributed by atoms with Crippen molar-refractivity contribution in [1.82, 2.24) is 14.5 Å². The molecule has 0 saturated heterocycles. The van der Waals surface area contributed by atoms with Crippen molar-refractivity contribution < 1.29 is 0 Å². The van der Waals surface area contributed by atoms with E-state index in [1.165, 1.54) is 44.6 Å². The van der Waals surface area contributed by atoms with Gasteiger partial charge in [0.1, 0.15) is 0 Å². The normalized spacial score (nSPS) is 20.0. The topological polar surface area (TPSA) is 21.1 Å². The van der Waals surface area contributed by atoms with E-state index in [0.29, 0.717) is 0 Å². The van der Waals surface area contributed by atoms with Gasteiger partial charge in [-0.2, -0.15) is 0 Å². The van der Waals surface area contributed by atoms with Gasteiger partial charge >= 0.3 is 0 Å². The van der Waals surface area contributed by atoms with Gasteiger partial charge < -0.3 is 9.47 Å². The number of benzene rings is 1. The molecule has 1 aliphatic carbocycles. The minimum absolute atomic E-state index is 0.110. The molecule has 1 aliphatic heterocycles. The number of pyridine rings is 1. The summed E-state index contributed by atoms with van der Waals surface area (Å²) in [6.45, 7) is 11.1. The third kappa shape index (κ3) is 2.64. The van der Waals surface area contributed by atoms with Crippen molar-refractivity contribution in [3.05, 3.63) is 64.1 Å². The van der Waals surface area contributed by atoms with Crippen LogP contribution in [-0.2, 0) is 18.4 Å². The Hall–Kier alpha value is -2.39. The molecular formula is C25H29N3. The van der Waals surface area contributed by atoms with Crippen molar-refractivity contribution in [3.63, 3.8) is 0 Å². The molecule has 2 aliphatic rings. The molecule has 3 nitrogen and oxygen atoms in total. The van der Waals surface area contributed by atoms with E-state index in [4.69, 9.17) is 4.98 Å². The summed E-state index contributed by atoms with van der Waals surface area (Å²) in [7, 11) is 2.24. The van der Waals surface area contributed by atoms with Crippen LogP contribution in [0.25, 0.3) is 22.7 Å². The third-order valence-electron chi connectivity index (χ3n) is 6.37. The van der Waals surface area contributed by atoms with Crippen LogP contribution in [0, 0.1) is 13.8 Å². The van der Waals surface area contributed by atoms with Gasteiger partial charge in [0.05, 0.1) is 5.52 Å². The molecule has 3 heterocycles. The fourth-order valence-corrected chi connectivity index (χ4v) is 5.37. The first-order chi connectivity index (χ1) is 13.3. The lowest BCUT2D eigenvalue weighted by Crippen LogP contribution is -2.40. The van der Waals surface area contributed by atoms with Crippen LogP contribution < -0.4 is 0 Å². The lowest BCUT2D eigenvalue weighted by molar-refractivity contribution is 0.232. The van der Waals surface area contributed by atoms with Crippen LogP contribution in [0.2, 0.25) is 0 Å². The molecule has 0 amide bonds. The van der Waals surface area contributed by atoms with Gasteiger partial charge in [0.2, 0.25) is 0 Å². The van der Waals surface area contributed by atoms with Crippen LogP contribution in [0.4, 0.5) is 0 Å². The van der Waals surface area contributed by atoms with Gasteiger partial charge in [0, 0.05) is 52.7 Å². The summed E-state index contributed by atoms with van der Waals surface area (Å²) in [6.07, 6.45) is 4.54. The first kappa shape index (κ1) is 17.7. The van der Waals surface area contributed by atoms with Gasteiger partial charge in [-0.15, -0.1) is 0 Å². The van der Waals surface area contributed by atoms with E-state index in [1.807, 2.05) is 0 Å². The monoisotopic (exact) mass is 371 g/mol. The largest absolute Gasteiger partial charge is 0.319 e. The highest BCUT2D eigenvalue weighted by atomic mass is 15.1. The lowest BCUT2D eigenvalue weighted by atomic mass is 9.82. The molecule has 0 radical (unpaired) electrons. The molecule has 5 rings (SSSR count). The standard InChI is InChI=1S/C25H29N3/c1-16-6-11-23-20(12-16)21-14-27(5)15-25(3,4)24(21)28(23)13-18-8-10-22-19(18)9-7-17(2)26-22/h6-7,9,11-13H,8,10,14-15H2,1-5H3. The van der Waals surface area contributed by atoms with Crippen molar-refractivity contribution >= 4 is 22.7 Å². The first-order valence-electron chi connectivity index (χ1n) is 10.3. The van der Waals surface area contributed by atoms with Crippen LogP contribution in [0.3, 0.4) is 0 Å². The summed E-state index contributed by atoms with van der Waals surface area (Å²) in [5.74, 6) is 0. The van der Waals surface area contributed by atoms with E-state index in [2.05, 4.69) is 80.7 Å². The lowest BCUT2D eigenvalue weighted by Gasteiger charge is -2.37. The van der Waals surface area contributed by atoms with E-state index in [1.54, 1.807) is 0 Å². The van der Waals surface area contributed by atoms with Crippen molar-refractivity contribution in [1.29, 1.82) is 0 Å². The highest BCUT2D eigenvalue weighted by Gasteiger charge is 2.35. The molecule has 2 aromatic heterocycles. The Morgan fingerprint density at radius 2 is 1.89 bits per heavy atom. The molecule has 28 heavy (non-hydrogen) atoms. The van der Waals surface area contributed by atoms with Crippen LogP contribution in [0.5, 0.6) is 0 Å². The van der Waals surface area contributed by atoms with E-state index in [9.17, 15) is 0 Å². The maximum atomic E-state index is 4.78. The average molecular weight is 372 g/mol. The number of nitrogens with zero attached hydrogens (tertiary/aromatic N) is 3. The van der Waals surface area contributed by atoms with Crippen molar-refractivity contribution in [2.45, 2.75) is 52.5 Å². The third-order valence-corrected chi connectivity index (χ3v) is 6.37. The van der Waals surface area contributed by atoms with Gasteiger partial charge in [-0.25, -0.2) is 0 Å². The van der Waals surface area contributed by atoms with Gasteiger partial charge in [-0.3, -0.25) is 4.98 Å². The maximum absolute atomic E-state index is 4.78.